The van der Waals surface area contributed by atoms with Crippen molar-refractivity contribution in [2.45, 2.75) is 25.7 Å². The fraction of sp³-hybridized carbons (Fsp3) is 0.533. The minimum absolute atomic E-state index is 0. The number of nitrogens with zero attached hydrogens (tertiary/aromatic N) is 4. The number of carbonyl (C=O) groups excluding carboxylic acids is 1. The van der Waals surface area contributed by atoms with Crippen LogP contribution in [-0.2, 0) is 4.79 Å². The molecule has 1 fully saturated rings. The van der Waals surface area contributed by atoms with Crippen molar-refractivity contribution in [1.82, 2.24) is 19.5 Å². The molecule has 0 aliphatic carbocycles. The topological polar surface area (TPSA) is 76.5 Å². The van der Waals surface area contributed by atoms with E-state index >= 15 is 0 Å². The van der Waals surface area contributed by atoms with Crippen LogP contribution < -0.4 is 5.73 Å². The molecule has 0 aromatic carbocycles. The molecule has 2 N–H and O–H groups in total. The lowest BCUT2D eigenvalue weighted by atomic mass is 9.96. The Morgan fingerprint density at radius 2 is 2.17 bits per heavy atom. The van der Waals surface area contributed by atoms with Crippen LogP contribution in [0.25, 0.3) is 5.65 Å². The molecule has 0 radical (unpaired) electrons. The van der Waals surface area contributed by atoms with Crippen LogP contribution in [0.3, 0.4) is 0 Å². The highest BCUT2D eigenvalue weighted by Crippen LogP contribution is 2.26. The second-order valence-corrected chi connectivity index (χ2v) is 5.75. The highest BCUT2D eigenvalue weighted by atomic mass is 35.5. The number of halogens is 2. The molecule has 3 rings (SSSR count). The van der Waals surface area contributed by atoms with Gasteiger partial charge in [0.05, 0.1) is 0 Å². The van der Waals surface area contributed by atoms with Gasteiger partial charge in [0.25, 0.3) is 0 Å². The number of aromatic nitrogens is 3. The van der Waals surface area contributed by atoms with Crippen LogP contribution in [-0.4, -0.2) is 45.0 Å². The van der Waals surface area contributed by atoms with Gasteiger partial charge < -0.3 is 10.6 Å². The molecule has 0 saturated carbocycles. The lowest BCUT2D eigenvalue weighted by Gasteiger charge is -2.33. The summed E-state index contributed by atoms with van der Waals surface area (Å²) in [6, 6.07) is 5.87. The smallest absolute Gasteiger partial charge is 0.226 e. The number of rotatable bonds is 3. The predicted molar refractivity (Wildman–Crippen MR) is 94.3 cm³/mol. The zero-order valence-corrected chi connectivity index (χ0v) is 14.7. The van der Waals surface area contributed by atoms with Gasteiger partial charge in [-0.15, -0.1) is 35.0 Å². The fourth-order valence-corrected chi connectivity index (χ4v) is 2.94. The first-order chi connectivity index (χ1) is 10.2. The number of likely N-dealkylation sites (tertiary alicyclic amines) is 1. The van der Waals surface area contributed by atoms with Crippen molar-refractivity contribution in [2.75, 3.05) is 19.6 Å². The average molecular weight is 360 g/mol. The fourth-order valence-electron chi connectivity index (χ4n) is 2.94. The Bertz CT molecular complexity index is 648. The van der Waals surface area contributed by atoms with Crippen LogP contribution in [0.5, 0.6) is 0 Å². The maximum absolute atomic E-state index is 12.3. The maximum atomic E-state index is 12.3. The Labute approximate surface area is 148 Å². The van der Waals surface area contributed by atoms with E-state index in [0.29, 0.717) is 13.1 Å². The summed E-state index contributed by atoms with van der Waals surface area (Å²) in [5.74, 6) is 1.23. The van der Waals surface area contributed by atoms with Crippen molar-refractivity contribution in [3.05, 3.63) is 30.2 Å². The third-order valence-electron chi connectivity index (χ3n) is 4.21. The van der Waals surface area contributed by atoms with Gasteiger partial charge in [0.2, 0.25) is 5.91 Å². The van der Waals surface area contributed by atoms with Crippen molar-refractivity contribution in [1.29, 1.82) is 0 Å². The van der Waals surface area contributed by atoms with Crippen LogP contribution in [0, 0.1) is 5.92 Å². The van der Waals surface area contributed by atoms with Crippen LogP contribution >= 0.6 is 24.8 Å². The molecular weight excluding hydrogens is 337 g/mol. The summed E-state index contributed by atoms with van der Waals surface area (Å²) in [6.45, 7) is 3.81. The number of carbonyl (C=O) groups is 1. The van der Waals surface area contributed by atoms with Gasteiger partial charge in [-0.2, -0.15) is 0 Å². The number of fused-ring (bicyclic) bond motifs is 1. The molecular formula is C15H23Cl2N5O. The minimum Gasteiger partial charge on any atom is -0.342 e. The van der Waals surface area contributed by atoms with Crippen LogP contribution in [0.4, 0.5) is 0 Å². The monoisotopic (exact) mass is 359 g/mol. The van der Waals surface area contributed by atoms with Gasteiger partial charge in [0.1, 0.15) is 5.82 Å². The SMILES string of the molecule is CC(CN)C(=O)N1CCCC(c2nnc3ccccn23)C1.Cl.Cl. The van der Waals surface area contributed by atoms with E-state index in [9.17, 15) is 4.79 Å². The first-order valence-electron chi connectivity index (χ1n) is 7.49. The quantitative estimate of drug-likeness (QED) is 0.907. The molecule has 0 spiro atoms. The molecule has 8 heteroatoms. The van der Waals surface area contributed by atoms with E-state index in [4.69, 9.17) is 5.73 Å². The molecule has 23 heavy (non-hydrogen) atoms. The largest absolute Gasteiger partial charge is 0.342 e. The molecule has 1 saturated heterocycles. The molecule has 1 amide bonds. The lowest BCUT2D eigenvalue weighted by molar-refractivity contribution is -0.135. The van der Waals surface area contributed by atoms with Crippen molar-refractivity contribution < 1.29 is 4.79 Å². The lowest BCUT2D eigenvalue weighted by Crippen LogP contribution is -2.43. The Balaban J connectivity index is 0.00000132. The number of amides is 1. The zero-order valence-electron chi connectivity index (χ0n) is 13.1. The molecule has 2 atom stereocenters. The van der Waals surface area contributed by atoms with Gasteiger partial charge in [0.15, 0.2) is 5.65 Å². The average Bonchev–Trinajstić information content (AvgIpc) is 2.97. The van der Waals surface area contributed by atoms with E-state index in [-0.39, 0.29) is 42.6 Å². The van der Waals surface area contributed by atoms with E-state index in [1.807, 2.05) is 40.6 Å². The van der Waals surface area contributed by atoms with Gasteiger partial charge in [-0.3, -0.25) is 9.20 Å². The van der Waals surface area contributed by atoms with Gasteiger partial charge in [0, 0.05) is 37.7 Å². The second-order valence-electron chi connectivity index (χ2n) is 5.75. The molecule has 2 aromatic rings. The van der Waals surface area contributed by atoms with E-state index in [2.05, 4.69) is 10.2 Å². The molecule has 3 heterocycles. The third kappa shape index (κ3) is 3.94. The summed E-state index contributed by atoms with van der Waals surface area (Å²) < 4.78 is 2.02. The van der Waals surface area contributed by atoms with Crippen molar-refractivity contribution in [2.24, 2.45) is 11.7 Å². The number of hydrogen-bond acceptors (Lipinski definition) is 4. The van der Waals surface area contributed by atoms with Gasteiger partial charge in [-0.1, -0.05) is 13.0 Å². The minimum atomic E-state index is -0.112. The Morgan fingerprint density at radius 3 is 2.91 bits per heavy atom. The Morgan fingerprint density at radius 1 is 1.39 bits per heavy atom. The summed E-state index contributed by atoms with van der Waals surface area (Å²) in [4.78, 5) is 14.2. The molecule has 1 aliphatic heterocycles. The van der Waals surface area contributed by atoms with Crippen LogP contribution in [0.15, 0.2) is 24.4 Å². The van der Waals surface area contributed by atoms with Crippen LogP contribution in [0.2, 0.25) is 0 Å². The van der Waals surface area contributed by atoms with Crippen molar-refractivity contribution >= 4 is 36.4 Å². The third-order valence-corrected chi connectivity index (χ3v) is 4.21. The Hall–Kier alpha value is -1.37. The highest BCUT2D eigenvalue weighted by Gasteiger charge is 2.29. The zero-order chi connectivity index (χ0) is 14.8. The predicted octanol–water partition coefficient (Wildman–Crippen LogP) is 1.87. The molecule has 0 bridgehead atoms. The van der Waals surface area contributed by atoms with Crippen LogP contribution in [0.1, 0.15) is 31.5 Å². The first-order valence-corrected chi connectivity index (χ1v) is 7.49. The first kappa shape index (κ1) is 19.7. The van der Waals surface area contributed by atoms with Gasteiger partial charge in [-0.05, 0) is 25.0 Å². The van der Waals surface area contributed by atoms with Gasteiger partial charge in [-0.25, -0.2) is 0 Å². The van der Waals surface area contributed by atoms with E-state index in [1.165, 1.54) is 0 Å². The Kier molecular flexibility index (Phi) is 7.25. The maximum Gasteiger partial charge on any atom is 0.226 e. The normalized spacial score (nSPS) is 18.9. The van der Waals surface area contributed by atoms with Crippen molar-refractivity contribution in [3.63, 3.8) is 0 Å². The molecule has 2 aromatic heterocycles. The van der Waals surface area contributed by atoms with Gasteiger partial charge >= 0.3 is 0 Å². The second kappa shape index (κ2) is 8.47. The summed E-state index contributed by atoms with van der Waals surface area (Å²) in [5.41, 5.74) is 6.46. The summed E-state index contributed by atoms with van der Waals surface area (Å²) in [7, 11) is 0. The summed E-state index contributed by atoms with van der Waals surface area (Å²) in [5, 5.41) is 8.53. The molecule has 1 aliphatic rings. The summed E-state index contributed by atoms with van der Waals surface area (Å²) in [6.07, 6.45) is 4.01. The number of nitrogens with two attached hydrogens (primary N) is 1. The number of hydrogen-bond donors (Lipinski definition) is 1. The molecule has 6 nitrogen and oxygen atoms in total. The number of piperidine rings is 1. The van der Waals surface area contributed by atoms with E-state index in [1.54, 1.807) is 0 Å². The summed E-state index contributed by atoms with van der Waals surface area (Å²) >= 11 is 0. The van der Waals surface area contributed by atoms with E-state index < -0.39 is 0 Å². The standard InChI is InChI=1S/C15H21N5O.2ClH/c1-11(9-16)15(21)19-7-4-5-12(10-19)14-18-17-13-6-2-3-8-20(13)14;;/h2-3,6,8,11-12H,4-5,7,9-10,16H2,1H3;2*1H. The van der Waals surface area contributed by atoms with E-state index in [0.717, 1.165) is 30.9 Å². The number of pyridine rings is 1. The van der Waals surface area contributed by atoms with Crippen molar-refractivity contribution in [3.8, 4) is 0 Å². The highest BCUT2D eigenvalue weighted by molar-refractivity contribution is 5.85. The molecule has 128 valence electrons. The molecule has 2 unspecified atom stereocenters.